The van der Waals surface area contributed by atoms with E-state index in [1.54, 1.807) is 18.0 Å². The Morgan fingerprint density at radius 2 is 1.86 bits per heavy atom. The van der Waals surface area contributed by atoms with Gasteiger partial charge in [-0.3, -0.25) is 5.43 Å². The second kappa shape index (κ2) is 9.28. The number of nitrogens with zero attached hydrogens (tertiary/aromatic N) is 3. The van der Waals surface area contributed by atoms with Gasteiger partial charge in [0.1, 0.15) is 16.7 Å². The molecule has 1 aliphatic rings. The molecule has 0 unspecified atom stereocenters. The van der Waals surface area contributed by atoms with E-state index in [4.69, 9.17) is 12.2 Å². The molecule has 0 radical (unpaired) electrons. The first kappa shape index (κ1) is 20.5. The zero-order valence-electron chi connectivity index (χ0n) is 15.9. The summed E-state index contributed by atoms with van der Waals surface area (Å²) < 4.78 is 0. The zero-order chi connectivity index (χ0) is 20.8. The maximum absolute atomic E-state index is 10.0. The number of aliphatic hydroxyl groups excluding tert-OH is 1. The van der Waals surface area contributed by atoms with Crippen LogP contribution in [0.25, 0.3) is 0 Å². The number of anilines is 2. The van der Waals surface area contributed by atoms with Gasteiger partial charge in [-0.05, 0) is 62.1 Å². The molecule has 1 heterocycles. The molecule has 29 heavy (non-hydrogen) atoms. The van der Waals surface area contributed by atoms with Crippen LogP contribution in [0.15, 0.2) is 81.6 Å². The highest BCUT2D eigenvalue weighted by atomic mass is 32.2. The van der Waals surface area contributed by atoms with E-state index in [9.17, 15) is 10.4 Å². The fourth-order valence-corrected chi connectivity index (χ4v) is 3.64. The molecule has 3 rings (SSSR count). The highest BCUT2D eigenvalue weighted by Gasteiger charge is 2.25. The first-order valence-electron chi connectivity index (χ1n) is 8.73. The summed E-state index contributed by atoms with van der Waals surface area (Å²) in [4.78, 5) is 1.76. The van der Waals surface area contributed by atoms with Gasteiger partial charge in [0.25, 0.3) is 0 Å². The molecule has 6 nitrogen and oxygen atoms in total. The van der Waals surface area contributed by atoms with E-state index in [1.165, 1.54) is 0 Å². The number of aryl methyl sites for hydroxylation is 1. The molecule has 2 aromatic carbocycles. The summed E-state index contributed by atoms with van der Waals surface area (Å²) in [5.41, 5.74) is 6.39. The molecule has 0 aliphatic carbocycles. The highest BCUT2D eigenvalue weighted by Crippen LogP contribution is 2.40. The van der Waals surface area contributed by atoms with Crippen LogP contribution in [0.3, 0.4) is 0 Å². The number of allylic oxidation sites excluding steroid dienone is 1. The molecule has 1 aliphatic heterocycles. The van der Waals surface area contributed by atoms with Crippen LogP contribution < -0.4 is 15.6 Å². The van der Waals surface area contributed by atoms with Gasteiger partial charge in [0.2, 0.25) is 0 Å². The number of para-hydroxylation sites is 1. The number of thiocarbonyl (C=S) groups is 1. The number of rotatable bonds is 4. The predicted molar refractivity (Wildman–Crippen MR) is 124 cm³/mol. The van der Waals surface area contributed by atoms with Crippen molar-refractivity contribution in [2.24, 2.45) is 5.10 Å². The fourth-order valence-electron chi connectivity index (χ4n) is 2.57. The average Bonchev–Trinajstić information content (AvgIpc) is 3.11. The van der Waals surface area contributed by atoms with Crippen LogP contribution in [0.2, 0.25) is 0 Å². The first-order valence-corrected chi connectivity index (χ1v) is 9.96. The number of nitrogens with one attached hydrogen (secondary N) is 2. The van der Waals surface area contributed by atoms with Gasteiger partial charge in [0.05, 0.1) is 11.9 Å². The van der Waals surface area contributed by atoms with Crippen LogP contribution in [0.4, 0.5) is 11.4 Å². The largest absolute Gasteiger partial charge is 0.501 e. The van der Waals surface area contributed by atoms with E-state index in [-0.39, 0.29) is 5.09 Å². The van der Waals surface area contributed by atoms with E-state index in [0.717, 1.165) is 28.7 Å². The van der Waals surface area contributed by atoms with E-state index in [2.05, 4.69) is 21.9 Å². The van der Waals surface area contributed by atoms with Crippen molar-refractivity contribution in [2.75, 3.05) is 10.2 Å². The summed E-state index contributed by atoms with van der Waals surface area (Å²) in [6, 6.07) is 19.5. The van der Waals surface area contributed by atoms with Gasteiger partial charge in [0.15, 0.2) is 10.2 Å². The Labute approximate surface area is 179 Å². The lowest BCUT2D eigenvalue weighted by Crippen LogP contribution is -2.25. The quantitative estimate of drug-likeness (QED) is 0.277. The number of hydrazone groups is 1. The highest BCUT2D eigenvalue weighted by molar-refractivity contribution is 8.07. The summed E-state index contributed by atoms with van der Waals surface area (Å²) in [5.74, 6) is 0. The van der Waals surface area contributed by atoms with Crippen molar-refractivity contribution in [3.63, 3.8) is 0 Å². The minimum absolute atomic E-state index is 0.105. The van der Waals surface area contributed by atoms with Gasteiger partial charge in [0, 0.05) is 11.4 Å². The monoisotopic (exact) mass is 421 g/mol. The Bertz CT molecular complexity index is 1040. The predicted octanol–water partition coefficient (Wildman–Crippen LogP) is 5.00. The Balaban J connectivity index is 1.78. The van der Waals surface area contributed by atoms with Crippen LogP contribution >= 0.6 is 24.0 Å². The smallest absolute Gasteiger partial charge is 0.191 e. The van der Waals surface area contributed by atoms with Gasteiger partial charge in [-0.1, -0.05) is 35.9 Å². The van der Waals surface area contributed by atoms with Crippen molar-refractivity contribution in [3.8, 4) is 6.07 Å². The number of benzene rings is 2. The molecule has 0 saturated carbocycles. The van der Waals surface area contributed by atoms with Gasteiger partial charge in [-0.2, -0.15) is 10.4 Å². The van der Waals surface area contributed by atoms with Crippen molar-refractivity contribution in [1.29, 1.82) is 5.26 Å². The summed E-state index contributed by atoms with van der Waals surface area (Å²) >= 11 is 6.38. The minimum Gasteiger partial charge on any atom is -0.501 e. The maximum Gasteiger partial charge on any atom is 0.191 e. The van der Waals surface area contributed by atoms with E-state index in [0.29, 0.717) is 21.4 Å². The maximum atomic E-state index is 10.0. The number of nitriles is 1. The van der Waals surface area contributed by atoms with E-state index in [1.807, 2.05) is 61.5 Å². The Kier molecular flexibility index (Phi) is 6.54. The third-order valence-corrected chi connectivity index (χ3v) is 5.12. The van der Waals surface area contributed by atoms with Crippen molar-refractivity contribution < 1.29 is 5.11 Å². The summed E-state index contributed by atoms with van der Waals surface area (Å²) in [6.45, 7) is 3.73. The second-order valence-electron chi connectivity index (χ2n) is 6.20. The van der Waals surface area contributed by atoms with Crippen LogP contribution in [0, 0.1) is 18.3 Å². The first-order chi connectivity index (χ1) is 14.0. The van der Waals surface area contributed by atoms with Crippen molar-refractivity contribution in [3.05, 3.63) is 82.1 Å². The van der Waals surface area contributed by atoms with Crippen LogP contribution in [-0.4, -0.2) is 15.9 Å². The average molecular weight is 422 g/mol. The minimum atomic E-state index is 0.105. The second-order valence-corrected chi connectivity index (χ2v) is 7.61. The molecular weight excluding hydrogens is 402 g/mol. The molecule has 0 saturated heterocycles. The molecule has 0 atom stereocenters. The normalized spacial score (nSPS) is 15.4. The lowest BCUT2D eigenvalue weighted by atomic mass is 10.2. The van der Waals surface area contributed by atoms with Crippen molar-refractivity contribution in [1.82, 2.24) is 5.43 Å². The zero-order valence-corrected chi connectivity index (χ0v) is 17.5. The van der Waals surface area contributed by atoms with E-state index >= 15 is 0 Å². The molecule has 8 heteroatoms. The Morgan fingerprint density at radius 1 is 1.17 bits per heavy atom. The molecule has 0 aromatic heterocycles. The van der Waals surface area contributed by atoms with Crippen LogP contribution in [0.5, 0.6) is 0 Å². The summed E-state index contributed by atoms with van der Waals surface area (Å²) in [7, 11) is 0. The molecule has 0 amide bonds. The third kappa shape index (κ3) is 5.16. The number of hydrogen-bond acceptors (Lipinski definition) is 6. The number of aliphatic hydroxyl groups is 1. The van der Waals surface area contributed by atoms with Crippen LogP contribution in [0.1, 0.15) is 12.5 Å². The molecule has 0 bridgehead atoms. The summed E-state index contributed by atoms with van der Waals surface area (Å²) in [5, 5.41) is 28.0. The molecule has 3 N–H and O–H groups in total. The van der Waals surface area contributed by atoms with Crippen LogP contribution in [-0.2, 0) is 0 Å². The number of thioether (sulfide) groups is 1. The van der Waals surface area contributed by atoms with E-state index < -0.39 is 0 Å². The molecule has 2 aromatic rings. The van der Waals surface area contributed by atoms with Crippen molar-refractivity contribution in [2.45, 2.75) is 13.8 Å². The summed E-state index contributed by atoms with van der Waals surface area (Å²) in [6.07, 6.45) is 1.58. The lowest BCUT2D eigenvalue weighted by Gasteiger charge is -2.18. The number of hydrogen-bond donors (Lipinski definition) is 3. The van der Waals surface area contributed by atoms with Gasteiger partial charge in [-0.15, -0.1) is 0 Å². The Hall–Kier alpha value is -3.28. The SMILES string of the molecule is CC(=N/NC(=S)Nc1ccc(C)cc1)/C(C#N)=C1\SC(O)=CN1c1ccccc1. The molecule has 0 spiro atoms. The lowest BCUT2D eigenvalue weighted by molar-refractivity contribution is 0.457. The van der Waals surface area contributed by atoms with Crippen molar-refractivity contribution >= 4 is 46.2 Å². The molecule has 146 valence electrons. The standard InChI is InChI=1S/C21H19N5OS2/c1-14-8-10-16(11-9-14)23-21(28)25-24-15(2)18(12-22)20-26(13-19(27)29-20)17-6-4-3-5-7-17/h3-11,13,27H,1-2H3,(H2,23,25,28)/b20-18-,24-15-. The topological polar surface area (TPSA) is 83.7 Å². The van der Waals surface area contributed by atoms with Gasteiger partial charge >= 0.3 is 0 Å². The third-order valence-electron chi connectivity index (χ3n) is 4.02. The fraction of sp³-hybridized carbons (Fsp3) is 0.0952. The Morgan fingerprint density at radius 3 is 2.52 bits per heavy atom. The molecular formula is C21H19N5OS2. The van der Waals surface area contributed by atoms with Gasteiger partial charge in [-0.25, -0.2) is 0 Å². The van der Waals surface area contributed by atoms with Gasteiger partial charge < -0.3 is 15.3 Å². The molecule has 0 fully saturated rings.